The molecule has 7 nitrogen and oxygen atoms in total. The molecule has 1 aliphatic heterocycles. The fourth-order valence-corrected chi connectivity index (χ4v) is 3.63. The largest absolute Gasteiger partial charge is 0.394 e. The molecular weight excluding hydrogens is 374 g/mol. The van der Waals surface area contributed by atoms with E-state index in [9.17, 15) is 20.1 Å². The van der Waals surface area contributed by atoms with E-state index in [4.69, 9.17) is 9.47 Å². The van der Waals surface area contributed by atoms with Crippen LogP contribution in [0.2, 0.25) is 0 Å². The Bertz CT molecular complexity index is 786. The number of carbonyl (C=O) groups is 1. The maximum absolute atomic E-state index is 11.9. The van der Waals surface area contributed by atoms with Crippen LogP contribution in [0, 0.1) is 0 Å². The second-order valence-electron chi connectivity index (χ2n) is 7.28. The van der Waals surface area contributed by atoms with Gasteiger partial charge in [0.2, 0.25) is 5.91 Å². The van der Waals surface area contributed by atoms with Crippen molar-refractivity contribution in [2.24, 2.45) is 0 Å². The third-order valence-corrected chi connectivity index (χ3v) is 5.01. The van der Waals surface area contributed by atoms with Crippen molar-refractivity contribution < 1.29 is 29.6 Å². The Hall–Kier alpha value is -2.29. The summed E-state index contributed by atoms with van der Waals surface area (Å²) in [5.74, 6) is -2.27. The van der Waals surface area contributed by atoms with Gasteiger partial charge in [0.25, 0.3) is 0 Å². The Morgan fingerprint density at radius 3 is 2.24 bits per heavy atom. The number of rotatable bonds is 7. The summed E-state index contributed by atoms with van der Waals surface area (Å²) in [5, 5.41) is 34.5. The lowest BCUT2D eigenvalue weighted by molar-refractivity contribution is -0.323. The topological polar surface area (TPSA) is 108 Å². The molecule has 1 fully saturated rings. The van der Waals surface area contributed by atoms with E-state index in [2.05, 4.69) is 5.32 Å². The minimum atomic E-state index is -1.87. The van der Waals surface area contributed by atoms with Gasteiger partial charge in [-0.3, -0.25) is 4.79 Å². The van der Waals surface area contributed by atoms with Crippen molar-refractivity contribution in [1.29, 1.82) is 0 Å². The van der Waals surface area contributed by atoms with Crippen LogP contribution in [0.3, 0.4) is 0 Å². The van der Waals surface area contributed by atoms with Gasteiger partial charge >= 0.3 is 0 Å². The van der Waals surface area contributed by atoms with Crippen LogP contribution < -0.4 is 5.32 Å². The van der Waals surface area contributed by atoms with Gasteiger partial charge in [-0.05, 0) is 11.1 Å². The van der Waals surface area contributed by atoms with Gasteiger partial charge < -0.3 is 30.1 Å². The summed E-state index contributed by atoms with van der Waals surface area (Å²) >= 11 is 0. The molecule has 0 spiro atoms. The molecular formula is C22H27NO6. The van der Waals surface area contributed by atoms with Crippen molar-refractivity contribution in [2.45, 2.75) is 50.1 Å². The summed E-state index contributed by atoms with van der Waals surface area (Å²) in [6, 6.07) is 17.5. The van der Waals surface area contributed by atoms with Crippen molar-refractivity contribution in [3.8, 4) is 0 Å². The van der Waals surface area contributed by atoms with E-state index < -0.39 is 42.7 Å². The predicted molar refractivity (Wildman–Crippen MR) is 106 cm³/mol. The van der Waals surface area contributed by atoms with E-state index in [0.717, 1.165) is 11.1 Å². The molecule has 0 aromatic heterocycles. The molecule has 1 aliphatic rings. The van der Waals surface area contributed by atoms with Crippen molar-refractivity contribution >= 4 is 5.91 Å². The van der Waals surface area contributed by atoms with Gasteiger partial charge in [-0.15, -0.1) is 0 Å². The molecule has 0 saturated carbocycles. The number of ether oxygens (including phenoxy) is 2. The molecule has 5 atom stereocenters. The Balaban J connectivity index is 1.89. The van der Waals surface area contributed by atoms with Crippen LogP contribution in [-0.2, 0) is 27.3 Å². The highest BCUT2D eigenvalue weighted by molar-refractivity contribution is 5.73. The molecule has 0 unspecified atom stereocenters. The average Bonchev–Trinajstić information content (AvgIpc) is 2.71. The first-order valence-electron chi connectivity index (χ1n) is 9.58. The molecule has 2 aromatic rings. The molecule has 156 valence electrons. The van der Waals surface area contributed by atoms with Crippen molar-refractivity contribution in [3.63, 3.8) is 0 Å². The summed E-state index contributed by atoms with van der Waals surface area (Å²) in [6.45, 7) is 0.982. The Labute approximate surface area is 169 Å². The fourth-order valence-electron chi connectivity index (χ4n) is 3.63. The maximum atomic E-state index is 11.9. The van der Waals surface area contributed by atoms with Crippen molar-refractivity contribution in [3.05, 3.63) is 71.8 Å². The van der Waals surface area contributed by atoms with Crippen molar-refractivity contribution in [2.75, 3.05) is 6.61 Å². The molecule has 1 saturated heterocycles. The highest BCUT2D eigenvalue weighted by Gasteiger charge is 2.54. The van der Waals surface area contributed by atoms with E-state index in [1.165, 1.54) is 6.92 Å². The number of hydrogen-bond acceptors (Lipinski definition) is 6. The van der Waals surface area contributed by atoms with Crippen LogP contribution in [-0.4, -0.2) is 58.0 Å². The number of amides is 1. The molecule has 0 bridgehead atoms. The van der Waals surface area contributed by atoms with Gasteiger partial charge in [-0.1, -0.05) is 60.7 Å². The van der Waals surface area contributed by atoms with Gasteiger partial charge in [0.1, 0.15) is 24.4 Å². The van der Waals surface area contributed by atoms with E-state index in [0.29, 0.717) is 0 Å². The minimum Gasteiger partial charge on any atom is -0.394 e. The van der Waals surface area contributed by atoms with E-state index >= 15 is 0 Å². The van der Waals surface area contributed by atoms with Crippen LogP contribution in [0.1, 0.15) is 18.1 Å². The second-order valence-corrected chi connectivity index (χ2v) is 7.28. The summed E-state index contributed by atoms with van der Waals surface area (Å²) in [6.07, 6.45) is -3.24. The monoisotopic (exact) mass is 401 g/mol. The number of hydrogen-bond donors (Lipinski definition) is 4. The quantitative estimate of drug-likeness (QED) is 0.546. The molecule has 3 rings (SSSR count). The van der Waals surface area contributed by atoms with Crippen LogP contribution >= 0.6 is 0 Å². The number of carbonyl (C=O) groups excluding carboxylic acids is 1. The highest BCUT2D eigenvalue weighted by Crippen LogP contribution is 2.33. The van der Waals surface area contributed by atoms with Gasteiger partial charge in [-0.25, -0.2) is 0 Å². The molecule has 7 heteroatoms. The molecule has 2 aromatic carbocycles. The molecule has 1 heterocycles. The third kappa shape index (κ3) is 5.20. The molecule has 29 heavy (non-hydrogen) atoms. The Morgan fingerprint density at radius 1 is 1.10 bits per heavy atom. The molecule has 0 radical (unpaired) electrons. The lowest BCUT2D eigenvalue weighted by Gasteiger charge is -2.49. The number of aliphatic hydroxyl groups is 3. The van der Waals surface area contributed by atoms with Crippen molar-refractivity contribution in [1.82, 2.24) is 5.32 Å². The summed E-state index contributed by atoms with van der Waals surface area (Å²) < 4.78 is 11.6. The number of aliphatic hydroxyl groups excluding tert-OH is 2. The second kappa shape index (κ2) is 9.47. The standard InChI is InChI=1S/C22H27NO6/c1-15(25)23-21-20(28-14-17-10-6-3-7-11-17)19(26)18(13-24)29-22(21,27)12-16-8-4-2-5-9-16/h2-11,18-21,24,26-27H,12-14H2,1H3,(H,23,25)/t18-,19-,20+,21-,22+/m1/s1. The summed E-state index contributed by atoms with van der Waals surface area (Å²) in [7, 11) is 0. The zero-order valence-corrected chi connectivity index (χ0v) is 16.3. The van der Waals surface area contributed by atoms with Gasteiger partial charge in [-0.2, -0.15) is 0 Å². The Morgan fingerprint density at radius 2 is 1.69 bits per heavy atom. The summed E-state index contributed by atoms with van der Waals surface area (Å²) in [5.41, 5.74) is 1.65. The SMILES string of the molecule is CC(=O)N[C@@H]1[C@@H](OCc2ccccc2)[C@H](O)[C@@H](CO)O[C@@]1(O)Cc1ccccc1. The number of benzene rings is 2. The van der Waals surface area contributed by atoms with E-state index in [1.807, 2.05) is 60.7 Å². The average molecular weight is 401 g/mol. The fraction of sp³-hybridized carbons (Fsp3) is 0.409. The zero-order chi connectivity index (χ0) is 20.9. The number of nitrogens with one attached hydrogen (secondary N) is 1. The molecule has 4 N–H and O–H groups in total. The Kier molecular flexibility index (Phi) is 7.00. The van der Waals surface area contributed by atoms with Gasteiger partial charge in [0.05, 0.1) is 13.2 Å². The molecule has 1 amide bonds. The van der Waals surface area contributed by atoms with Crippen LogP contribution in [0.25, 0.3) is 0 Å². The lowest BCUT2D eigenvalue weighted by atomic mass is 9.86. The highest BCUT2D eigenvalue weighted by atomic mass is 16.7. The van der Waals surface area contributed by atoms with E-state index in [1.54, 1.807) is 0 Å². The van der Waals surface area contributed by atoms with E-state index in [-0.39, 0.29) is 13.0 Å². The zero-order valence-electron chi connectivity index (χ0n) is 16.3. The summed E-state index contributed by atoms with van der Waals surface area (Å²) in [4.78, 5) is 11.9. The first-order chi connectivity index (χ1) is 13.9. The smallest absolute Gasteiger partial charge is 0.217 e. The van der Waals surface area contributed by atoms with Crippen LogP contribution in [0.5, 0.6) is 0 Å². The van der Waals surface area contributed by atoms with Crippen LogP contribution in [0.4, 0.5) is 0 Å². The normalized spacial score (nSPS) is 29.4. The van der Waals surface area contributed by atoms with Gasteiger partial charge in [0.15, 0.2) is 5.79 Å². The maximum Gasteiger partial charge on any atom is 0.217 e. The minimum absolute atomic E-state index is 0.0488. The third-order valence-electron chi connectivity index (χ3n) is 5.01. The first-order valence-corrected chi connectivity index (χ1v) is 9.58. The lowest BCUT2D eigenvalue weighted by Crippen LogP contribution is -2.71. The predicted octanol–water partition coefficient (Wildman–Crippen LogP) is 0.760. The first kappa shape index (κ1) is 21.4. The van der Waals surface area contributed by atoms with Gasteiger partial charge in [0, 0.05) is 13.3 Å². The molecule has 0 aliphatic carbocycles. The van der Waals surface area contributed by atoms with Crippen LogP contribution in [0.15, 0.2) is 60.7 Å².